The first-order chi connectivity index (χ1) is 9.63. The molecular weight excluding hydrogens is 359 g/mol. The van der Waals surface area contributed by atoms with Crippen molar-refractivity contribution in [2.45, 2.75) is 51.0 Å². The fraction of sp³-hybridized carbons (Fsp3) is 0.571. The number of anilines is 1. The number of halogens is 2. The zero-order chi connectivity index (χ0) is 16.2. The molecule has 0 spiro atoms. The second-order valence-corrected chi connectivity index (χ2v) is 8.20. The Labute approximate surface area is 134 Å². The van der Waals surface area contributed by atoms with Crippen LogP contribution in [-0.4, -0.2) is 14.5 Å². The van der Waals surface area contributed by atoms with E-state index in [1.165, 1.54) is 6.07 Å². The van der Waals surface area contributed by atoms with E-state index in [0.29, 0.717) is 12.3 Å². The van der Waals surface area contributed by atoms with Crippen LogP contribution in [0.3, 0.4) is 0 Å². The van der Waals surface area contributed by atoms with Crippen LogP contribution in [0.5, 0.6) is 0 Å². The van der Waals surface area contributed by atoms with Crippen LogP contribution in [0.2, 0.25) is 0 Å². The van der Waals surface area contributed by atoms with Gasteiger partial charge >= 0.3 is 0 Å². The number of nitrogen functional groups attached to an aromatic ring is 1. The first-order valence-electron chi connectivity index (χ1n) is 6.90. The summed E-state index contributed by atoms with van der Waals surface area (Å²) in [5.41, 5.74) is 5.77. The minimum absolute atomic E-state index is 0.0373. The van der Waals surface area contributed by atoms with Crippen molar-refractivity contribution in [2.75, 3.05) is 5.73 Å². The predicted molar refractivity (Wildman–Crippen MR) is 87.0 cm³/mol. The van der Waals surface area contributed by atoms with E-state index >= 15 is 0 Å². The van der Waals surface area contributed by atoms with Crippen LogP contribution in [0.1, 0.15) is 40.0 Å². The Morgan fingerprint density at radius 1 is 1.29 bits per heavy atom. The van der Waals surface area contributed by atoms with Crippen molar-refractivity contribution in [1.29, 1.82) is 0 Å². The molecule has 1 aromatic rings. The zero-order valence-corrected chi connectivity index (χ0v) is 14.9. The van der Waals surface area contributed by atoms with Gasteiger partial charge in [-0.1, -0.05) is 26.7 Å². The summed E-state index contributed by atoms with van der Waals surface area (Å²) in [6.07, 6.45) is 2.66. The van der Waals surface area contributed by atoms with Crippen LogP contribution in [0.15, 0.2) is 21.5 Å². The van der Waals surface area contributed by atoms with Gasteiger partial charge in [-0.25, -0.2) is 17.5 Å². The molecule has 0 amide bonds. The van der Waals surface area contributed by atoms with E-state index in [1.54, 1.807) is 6.92 Å². The molecule has 0 saturated heterocycles. The molecule has 1 rings (SSSR count). The van der Waals surface area contributed by atoms with E-state index in [1.807, 2.05) is 0 Å². The Kier molecular flexibility index (Phi) is 6.62. The largest absolute Gasteiger partial charge is 0.399 e. The highest BCUT2D eigenvalue weighted by Gasteiger charge is 2.23. The van der Waals surface area contributed by atoms with Crippen molar-refractivity contribution in [3.8, 4) is 0 Å². The summed E-state index contributed by atoms with van der Waals surface area (Å²) >= 11 is 2.97. The van der Waals surface area contributed by atoms with Crippen molar-refractivity contribution < 1.29 is 12.8 Å². The molecule has 4 nitrogen and oxygen atoms in total. The molecule has 0 fully saturated rings. The number of rotatable bonds is 7. The molecular formula is C14H22BrFN2O2S. The first-order valence-corrected chi connectivity index (χ1v) is 9.18. The van der Waals surface area contributed by atoms with Crippen molar-refractivity contribution in [1.82, 2.24) is 4.72 Å². The Balaban J connectivity index is 2.82. The van der Waals surface area contributed by atoms with Gasteiger partial charge in [0.25, 0.3) is 0 Å². The van der Waals surface area contributed by atoms with Gasteiger partial charge < -0.3 is 5.73 Å². The number of nitrogens with two attached hydrogens (primary N) is 1. The van der Waals surface area contributed by atoms with Crippen LogP contribution in [0.4, 0.5) is 10.1 Å². The van der Waals surface area contributed by atoms with Gasteiger partial charge in [-0.05, 0) is 47.3 Å². The minimum Gasteiger partial charge on any atom is -0.399 e. The summed E-state index contributed by atoms with van der Waals surface area (Å²) in [5.74, 6) is -0.248. The first kappa shape index (κ1) is 18.4. The average molecular weight is 381 g/mol. The van der Waals surface area contributed by atoms with Crippen molar-refractivity contribution >= 4 is 31.6 Å². The standard InChI is InChI=1S/C14H22BrFN2O2S/c1-9(2)5-4-6-10(3)18-21(19,20)13-8-11(17)7-12(15)14(13)16/h7-10,18H,4-6,17H2,1-3H3. The second-order valence-electron chi connectivity index (χ2n) is 5.66. The van der Waals surface area contributed by atoms with E-state index in [4.69, 9.17) is 5.73 Å². The Hall–Kier alpha value is -0.660. The monoisotopic (exact) mass is 380 g/mol. The molecule has 3 N–H and O–H groups in total. The van der Waals surface area contributed by atoms with Gasteiger partial charge in [-0.2, -0.15) is 0 Å². The van der Waals surface area contributed by atoms with Gasteiger partial charge in [0.2, 0.25) is 10.0 Å². The average Bonchev–Trinajstić information content (AvgIpc) is 2.32. The van der Waals surface area contributed by atoms with Crippen molar-refractivity contribution in [2.24, 2.45) is 5.92 Å². The van der Waals surface area contributed by atoms with Gasteiger partial charge in [-0.3, -0.25) is 0 Å². The van der Waals surface area contributed by atoms with Crippen molar-refractivity contribution in [3.63, 3.8) is 0 Å². The third-order valence-electron chi connectivity index (χ3n) is 3.08. The van der Waals surface area contributed by atoms with Gasteiger partial charge in [0.1, 0.15) is 4.90 Å². The molecule has 0 aromatic heterocycles. The maximum absolute atomic E-state index is 14.0. The highest BCUT2D eigenvalue weighted by molar-refractivity contribution is 9.10. The van der Waals surface area contributed by atoms with E-state index in [9.17, 15) is 12.8 Å². The number of nitrogens with one attached hydrogen (secondary N) is 1. The van der Waals surface area contributed by atoms with Crippen LogP contribution in [0, 0.1) is 11.7 Å². The maximum Gasteiger partial charge on any atom is 0.243 e. The maximum atomic E-state index is 14.0. The van der Waals surface area contributed by atoms with Crippen molar-refractivity contribution in [3.05, 3.63) is 22.4 Å². The fourth-order valence-corrected chi connectivity index (χ4v) is 4.02. The number of hydrogen-bond acceptors (Lipinski definition) is 3. The molecule has 0 aliphatic carbocycles. The Bertz CT molecular complexity index is 591. The Morgan fingerprint density at radius 2 is 1.90 bits per heavy atom. The van der Waals surface area contributed by atoms with Crippen LogP contribution in [-0.2, 0) is 10.0 Å². The number of sulfonamides is 1. The molecule has 0 bridgehead atoms. The molecule has 0 radical (unpaired) electrons. The van der Waals surface area contributed by atoms with E-state index in [2.05, 4.69) is 34.5 Å². The normalized spacial score (nSPS) is 13.6. The lowest BCUT2D eigenvalue weighted by Crippen LogP contribution is -2.33. The molecule has 0 saturated carbocycles. The lowest BCUT2D eigenvalue weighted by Gasteiger charge is -2.16. The summed E-state index contributed by atoms with van der Waals surface area (Å²) in [5, 5.41) is 0. The molecule has 0 heterocycles. The molecule has 1 unspecified atom stereocenters. The highest BCUT2D eigenvalue weighted by atomic mass is 79.9. The number of hydrogen-bond donors (Lipinski definition) is 2. The molecule has 1 aromatic carbocycles. The summed E-state index contributed by atoms with van der Waals surface area (Å²) in [4.78, 5) is -0.426. The summed E-state index contributed by atoms with van der Waals surface area (Å²) < 4.78 is 41.0. The lowest BCUT2D eigenvalue weighted by atomic mass is 10.0. The SMILES string of the molecule is CC(C)CCCC(C)NS(=O)(=O)c1cc(N)cc(Br)c1F. The molecule has 1 atom stereocenters. The van der Waals surface area contributed by atoms with E-state index in [0.717, 1.165) is 18.9 Å². The lowest BCUT2D eigenvalue weighted by molar-refractivity contribution is 0.486. The molecule has 120 valence electrons. The predicted octanol–water partition coefficient (Wildman–Crippen LogP) is 3.66. The van der Waals surface area contributed by atoms with E-state index in [-0.39, 0.29) is 16.2 Å². The third kappa shape index (κ3) is 5.56. The molecule has 0 aliphatic rings. The van der Waals surface area contributed by atoms with Gasteiger partial charge in [0.15, 0.2) is 5.82 Å². The van der Waals surface area contributed by atoms with Gasteiger partial charge in [-0.15, -0.1) is 0 Å². The molecule has 21 heavy (non-hydrogen) atoms. The quantitative estimate of drug-likeness (QED) is 0.708. The highest BCUT2D eigenvalue weighted by Crippen LogP contribution is 2.26. The van der Waals surface area contributed by atoms with E-state index < -0.39 is 20.7 Å². The second kappa shape index (κ2) is 7.56. The smallest absolute Gasteiger partial charge is 0.243 e. The molecule has 0 aliphatic heterocycles. The van der Waals surface area contributed by atoms with Crippen LogP contribution >= 0.6 is 15.9 Å². The van der Waals surface area contributed by atoms with Crippen LogP contribution in [0.25, 0.3) is 0 Å². The fourth-order valence-electron chi connectivity index (χ4n) is 2.00. The number of benzene rings is 1. The van der Waals surface area contributed by atoms with Crippen LogP contribution < -0.4 is 10.5 Å². The van der Waals surface area contributed by atoms with Gasteiger partial charge in [0, 0.05) is 11.7 Å². The summed E-state index contributed by atoms with van der Waals surface area (Å²) in [6, 6.07) is 2.21. The van der Waals surface area contributed by atoms with Gasteiger partial charge in [0.05, 0.1) is 4.47 Å². The molecule has 7 heteroatoms. The summed E-state index contributed by atoms with van der Waals surface area (Å²) in [6.45, 7) is 6.01. The zero-order valence-electron chi connectivity index (χ0n) is 12.5. The third-order valence-corrected chi connectivity index (χ3v) is 5.25. The summed E-state index contributed by atoms with van der Waals surface area (Å²) in [7, 11) is -3.92. The Morgan fingerprint density at radius 3 is 2.48 bits per heavy atom. The topological polar surface area (TPSA) is 72.2 Å². The minimum atomic E-state index is -3.92.